The Morgan fingerprint density at radius 2 is 1.84 bits per heavy atom. The summed E-state index contributed by atoms with van der Waals surface area (Å²) >= 11 is 0. The van der Waals surface area contributed by atoms with Crippen molar-refractivity contribution in [1.29, 1.82) is 0 Å². The highest BCUT2D eigenvalue weighted by molar-refractivity contribution is 5.85. The third-order valence-corrected chi connectivity index (χ3v) is 3.57. The number of nitrogens with two attached hydrogens (primary N) is 1. The SMILES string of the molecule is COc1cccc(OCCCNC(=O)[C@@H](N)Cc2ccccc2)c1.Cl. The van der Waals surface area contributed by atoms with E-state index in [1.807, 2.05) is 54.6 Å². The zero-order chi connectivity index (χ0) is 17.2. The molecule has 0 radical (unpaired) electrons. The molecule has 0 aliphatic carbocycles. The molecule has 3 N–H and O–H groups in total. The fourth-order valence-electron chi connectivity index (χ4n) is 2.26. The van der Waals surface area contributed by atoms with E-state index in [-0.39, 0.29) is 18.3 Å². The molecule has 0 spiro atoms. The summed E-state index contributed by atoms with van der Waals surface area (Å²) in [6.45, 7) is 1.05. The monoisotopic (exact) mass is 364 g/mol. The van der Waals surface area contributed by atoms with Crippen LogP contribution in [-0.2, 0) is 11.2 Å². The Bertz CT molecular complexity index is 638. The van der Waals surface area contributed by atoms with Crippen LogP contribution >= 0.6 is 12.4 Å². The number of nitrogens with one attached hydrogen (secondary N) is 1. The third-order valence-electron chi connectivity index (χ3n) is 3.57. The van der Waals surface area contributed by atoms with E-state index < -0.39 is 6.04 Å². The summed E-state index contributed by atoms with van der Waals surface area (Å²) in [6.07, 6.45) is 1.24. The summed E-state index contributed by atoms with van der Waals surface area (Å²) in [5.41, 5.74) is 6.99. The lowest BCUT2D eigenvalue weighted by Gasteiger charge is -2.13. The highest BCUT2D eigenvalue weighted by atomic mass is 35.5. The van der Waals surface area contributed by atoms with Crippen molar-refractivity contribution in [3.05, 3.63) is 60.2 Å². The fourth-order valence-corrected chi connectivity index (χ4v) is 2.26. The van der Waals surface area contributed by atoms with E-state index >= 15 is 0 Å². The number of benzene rings is 2. The van der Waals surface area contributed by atoms with Gasteiger partial charge in [-0.15, -0.1) is 12.4 Å². The van der Waals surface area contributed by atoms with Gasteiger partial charge in [0.25, 0.3) is 0 Å². The Labute approximate surface area is 154 Å². The van der Waals surface area contributed by atoms with Crippen LogP contribution in [0.1, 0.15) is 12.0 Å². The van der Waals surface area contributed by atoms with Gasteiger partial charge in [-0.3, -0.25) is 4.79 Å². The number of methoxy groups -OCH3 is 1. The Balaban J connectivity index is 0.00000312. The third kappa shape index (κ3) is 7.45. The molecule has 0 aliphatic heterocycles. The van der Waals surface area contributed by atoms with Crippen molar-refractivity contribution in [2.75, 3.05) is 20.3 Å². The maximum atomic E-state index is 12.0. The molecule has 1 atom stereocenters. The van der Waals surface area contributed by atoms with E-state index in [4.69, 9.17) is 15.2 Å². The minimum atomic E-state index is -0.535. The second-order valence-corrected chi connectivity index (χ2v) is 5.47. The number of ether oxygens (including phenoxy) is 2. The molecule has 2 aromatic rings. The molecule has 5 nitrogen and oxygen atoms in total. The first-order valence-electron chi connectivity index (χ1n) is 8.03. The first kappa shape index (κ1) is 20.8. The maximum Gasteiger partial charge on any atom is 0.237 e. The minimum absolute atomic E-state index is 0. The molecular formula is C19H25ClN2O3. The van der Waals surface area contributed by atoms with Crippen LogP contribution in [0, 0.1) is 0 Å². The fraction of sp³-hybridized carbons (Fsp3) is 0.316. The first-order chi connectivity index (χ1) is 11.7. The zero-order valence-corrected chi connectivity index (χ0v) is 15.1. The molecule has 0 bridgehead atoms. The number of hydrogen-bond acceptors (Lipinski definition) is 4. The van der Waals surface area contributed by atoms with Gasteiger partial charge in [0.1, 0.15) is 11.5 Å². The number of halogens is 1. The van der Waals surface area contributed by atoms with Crippen LogP contribution in [0.3, 0.4) is 0 Å². The highest BCUT2D eigenvalue weighted by Gasteiger charge is 2.13. The van der Waals surface area contributed by atoms with E-state index in [1.165, 1.54) is 0 Å². The molecule has 2 rings (SSSR count). The van der Waals surface area contributed by atoms with Gasteiger partial charge >= 0.3 is 0 Å². The van der Waals surface area contributed by atoms with Crippen LogP contribution in [-0.4, -0.2) is 32.2 Å². The van der Waals surface area contributed by atoms with Crippen LogP contribution in [0.15, 0.2) is 54.6 Å². The minimum Gasteiger partial charge on any atom is -0.497 e. The van der Waals surface area contributed by atoms with Crippen molar-refractivity contribution >= 4 is 18.3 Å². The van der Waals surface area contributed by atoms with Crippen molar-refractivity contribution in [1.82, 2.24) is 5.32 Å². The summed E-state index contributed by atoms with van der Waals surface area (Å²) in [5, 5.41) is 2.84. The summed E-state index contributed by atoms with van der Waals surface area (Å²) in [5.74, 6) is 1.37. The molecule has 0 heterocycles. The Morgan fingerprint density at radius 3 is 2.56 bits per heavy atom. The van der Waals surface area contributed by atoms with E-state index in [0.29, 0.717) is 26.0 Å². The van der Waals surface area contributed by atoms with Crippen LogP contribution in [0.5, 0.6) is 11.5 Å². The van der Waals surface area contributed by atoms with Crippen molar-refractivity contribution in [3.8, 4) is 11.5 Å². The van der Waals surface area contributed by atoms with Gasteiger partial charge in [-0.2, -0.15) is 0 Å². The molecule has 136 valence electrons. The summed E-state index contributed by atoms with van der Waals surface area (Å²) in [7, 11) is 1.62. The van der Waals surface area contributed by atoms with Gasteiger partial charge in [0.05, 0.1) is 19.8 Å². The lowest BCUT2D eigenvalue weighted by atomic mass is 10.1. The quantitative estimate of drug-likeness (QED) is 0.671. The molecule has 0 aromatic heterocycles. The van der Waals surface area contributed by atoms with Gasteiger partial charge in [0.2, 0.25) is 5.91 Å². The van der Waals surface area contributed by atoms with Crippen LogP contribution in [0.2, 0.25) is 0 Å². The Morgan fingerprint density at radius 1 is 1.12 bits per heavy atom. The summed E-state index contributed by atoms with van der Waals surface area (Å²) < 4.78 is 10.8. The van der Waals surface area contributed by atoms with Crippen LogP contribution < -0.4 is 20.5 Å². The predicted octanol–water partition coefficient (Wildman–Crippen LogP) is 2.57. The van der Waals surface area contributed by atoms with Gasteiger partial charge in [-0.1, -0.05) is 36.4 Å². The Kier molecular flexibility index (Phi) is 9.43. The number of rotatable bonds is 9. The van der Waals surface area contributed by atoms with E-state index in [9.17, 15) is 4.79 Å². The summed E-state index contributed by atoms with van der Waals surface area (Å²) in [6, 6.07) is 16.7. The van der Waals surface area contributed by atoms with Crippen molar-refractivity contribution in [2.24, 2.45) is 5.73 Å². The van der Waals surface area contributed by atoms with Gasteiger partial charge in [0, 0.05) is 12.6 Å². The maximum absolute atomic E-state index is 12.0. The number of carbonyl (C=O) groups excluding carboxylic acids is 1. The van der Waals surface area contributed by atoms with Crippen LogP contribution in [0.25, 0.3) is 0 Å². The molecular weight excluding hydrogens is 340 g/mol. The molecule has 0 unspecified atom stereocenters. The summed E-state index contributed by atoms with van der Waals surface area (Å²) in [4.78, 5) is 12.0. The lowest BCUT2D eigenvalue weighted by molar-refractivity contribution is -0.122. The highest BCUT2D eigenvalue weighted by Crippen LogP contribution is 2.18. The standard InChI is InChI=1S/C19H24N2O3.ClH/c1-23-16-9-5-10-17(14-16)24-12-6-11-21-19(22)18(20)13-15-7-3-2-4-8-15;/h2-5,7-10,14,18H,6,11-13,20H2,1H3,(H,21,22);1H/t18-;/m0./s1. The van der Waals surface area contributed by atoms with Crippen molar-refractivity contribution in [3.63, 3.8) is 0 Å². The smallest absolute Gasteiger partial charge is 0.237 e. The van der Waals surface area contributed by atoms with Gasteiger partial charge in [-0.05, 0) is 30.5 Å². The molecule has 0 saturated heterocycles. The van der Waals surface area contributed by atoms with E-state index in [0.717, 1.165) is 17.1 Å². The molecule has 0 aliphatic rings. The number of carbonyl (C=O) groups is 1. The zero-order valence-electron chi connectivity index (χ0n) is 14.3. The molecule has 2 aromatic carbocycles. The topological polar surface area (TPSA) is 73.6 Å². The second kappa shape index (κ2) is 11.3. The number of hydrogen-bond donors (Lipinski definition) is 2. The average molecular weight is 365 g/mol. The van der Waals surface area contributed by atoms with Crippen molar-refractivity contribution < 1.29 is 14.3 Å². The normalized spacial score (nSPS) is 11.1. The van der Waals surface area contributed by atoms with Gasteiger partial charge < -0.3 is 20.5 Å². The molecule has 0 saturated carbocycles. The first-order valence-corrected chi connectivity index (χ1v) is 8.03. The van der Waals surface area contributed by atoms with Crippen LogP contribution in [0.4, 0.5) is 0 Å². The lowest BCUT2D eigenvalue weighted by Crippen LogP contribution is -2.42. The molecule has 0 fully saturated rings. The molecule has 25 heavy (non-hydrogen) atoms. The largest absolute Gasteiger partial charge is 0.497 e. The number of amides is 1. The van der Waals surface area contributed by atoms with E-state index in [2.05, 4.69) is 5.32 Å². The Hall–Kier alpha value is -2.24. The molecule has 6 heteroatoms. The molecule has 1 amide bonds. The van der Waals surface area contributed by atoms with E-state index in [1.54, 1.807) is 7.11 Å². The predicted molar refractivity (Wildman–Crippen MR) is 101 cm³/mol. The second-order valence-electron chi connectivity index (χ2n) is 5.47. The van der Waals surface area contributed by atoms with Gasteiger partial charge in [-0.25, -0.2) is 0 Å². The average Bonchev–Trinajstić information content (AvgIpc) is 2.62. The van der Waals surface area contributed by atoms with Crippen molar-refractivity contribution in [2.45, 2.75) is 18.9 Å². The van der Waals surface area contributed by atoms with Gasteiger partial charge in [0.15, 0.2) is 0 Å².